The predicted octanol–water partition coefficient (Wildman–Crippen LogP) is 5.91. The highest BCUT2D eigenvalue weighted by molar-refractivity contribution is 9.10. The molecule has 2 aromatic rings. The van der Waals surface area contributed by atoms with Crippen molar-refractivity contribution in [2.75, 3.05) is 5.32 Å². The first-order valence-electron chi connectivity index (χ1n) is 5.92. The number of nitrogens with zero attached hydrogens (tertiary/aromatic N) is 1. The lowest BCUT2D eigenvalue weighted by Gasteiger charge is -2.18. The number of rotatable bonds is 3. The summed E-state index contributed by atoms with van der Waals surface area (Å²) in [5.74, 6) is 0. The molecule has 0 aliphatic rings. The first-order valence-corrected chi connectivity index (χ1v) is 7.89. The summed E-state index contributed by atoms with van der Waals surface area (Å²) >= 11 is 13.1. The molecule has 0 heterocycles. The van der Waals surface area contributed by atoms with Crippen molar-refractivity contribution < 1.29 is 0 Å². The van der Waals surface area contributed by atoms with Gasteiger partial charge < -0.3 is 5.32 Å². The molecular weight excluding hydrogens is 403 g/mol. The number of anilines is 1. The van der Waals surface area contributed by atoms with Crippen LogP contribution >= 0.6 is 43.5 Å². The van der Waals surface area contributed by atoms with Gasteiger partial charge in [-0.05, 0) is 58.7 Å². The molecule has 0 saturated carbocycles. The Hall–Kier alpha value is -1.02. The van der Waals surface area contributed by atoms with Crippen molar-refractivity contribution in [1.29, 1.82) is 5.26 Å². The van der Waals surface area contributed by atoms with Gasteiger partial charge in [0.15, 0.2) is 0 Å². The Morgan fingerprint density at radius 1 is 1.20 bits per heavy atom. The fraction of sp³-hybridized carbons (Fsp3) is 0.133. The molecule has 0 bridgehead atoms. The van der Waals surface area contributed by atoms with Crippen LogP contribution in [0.15, 0.2) is 45.3 Å². The van der Waals surface area contributed by atoms with Gasteiger partial charge in [-0.2, -0.15) is 5.26 Å². The monoisotopic (exact) mass is 412 g/mol. The number of benzene rings is 2. The maximum absolute atomic E-state index is 8.86. The molecule has 0 spiro atoms. The molecule has 20 heavy (non-hydrogen) atoms. The highest BCUT2D eigenvalue weighted by Crippen LogP contribution is 2.31. The Kier molecular flexibility index (Phi) is 5.09. The highest BCUT2D eigenvalue weighted by Gasteiger charge is 2.11. The molecule has 102 valence electrons. The summed E-state index contributed by atoms with van der Waals surface area (Å²) in [6.07, 6.45) is 0. The molecule has 0 saturated heterocycles. The number of halogens is 3. The zero-order valence-electron chi connectivity index (χ0n) is 10.6. The molecule has 1 atom stereocenters. The van der Waals surface area contributed by atoms with Crippen LogP contribution in [0.4, 0.5) is 5.69 Å². The zero-order valence-corrected chi connectivity index (χ0v) is 14.6. The van der Waals surface area contributed by atoms with Crippen LogP contribution in [0.5, 0.6) is 0 Å². The van der Waals surface area contributed by atoms with Gasteiger partial charge in [0.1, 0.15) is 0 Å². The van der Waals surface area contributed by atoms with E-state index in [2.05, 4.69) is 43.2 Å². The molecular formula is C15H11Br2ClN2. The third kappa shape index (κ3) is 3.54. The number of nitriles is 1. The van der Waals surface area contributed by atoms with E-state index in [0.717, 1.165) is 20.2 Å². The van der Waals surface area contributed by atoms with E-state index in [-0.39, 0.29) is 6.04 Å². The number of hydrogen-bond acceptors (Lipinski definition) is 2. The van der Waals surface area contributed by atoms with E-state index in [1.165, 1.54) is 0 Å². The second-order valence-electron chi connectivity index (χ2n) is 4.34. The van der Waals surface area contributed by atoms with Gasteiger partial charge in [0.2, 0.25) is 0 Å². The summed E-state index contributed by atoms with van der Waals surface area (Å²) in [6.45, 7) is 2.04. The van der Waals surface area contributed by atoms with E-state index >= 15 is 0 Å². The Morgan fingerprint density at radius 2 is 1.95 bits per heavy atom. The SMILES string of the molecule is CC(Nc1ccc(C#N)cc1Br)c1ccc(Br)cc1Cl. The molecule has 2 rings (SSSR count). The lowest BCUT2D eigenvalue weighted by Crippen LogP contribution is -2.07. The third-order valence-corrected chi connectivity index (χ3v) is 4.38. The second-order valence-corrected chi connectivity index (χ2v) is 6.52. The fourth-order valence-corrected chi connectivity index (χ4v) is 3.20. The summed E-state index contributed by atoms with van der Waals surface area (Å²) in [5, 5.41) is 13.0. The quantitative estimate of drug-likeness (QED) is 0.678. The average molecular weight is 415 g/mol. The van der Waals surface area contributed by atoms with Crippen molar-refractivity contribution in [2.45, 2.75) is 13.0 Å². The van der Waals surface area contributed by atoms with Crippen molar-refractivity contribution in [3.05, 3.63) is 61.5 Å². The standard InChI is InChI=1S/C15H11Br2ClN2/c1-9(12-4-3-11(16)7-14(12)18)20-15-5-2-10(8-19)6-13(15)17/h2-7,9,20H,1H3. The molecule has 0 amide bonds. The number of hydrogen-bond donors (Lipinski definition) is 1. The minimum absolute atomic E-state index is 0.0554. The first-order chi connectivity index (χ1) is 9.51. The van der Waals surface area contributed by atoms with Gasteiger partial charge in [0, 0.05) is 19.7 Å². The molecule has 0 aliphatic heterocycles. The van der Waals surface area contributed by atoms with E-state index < -0.39 is 0 Å². The summed E-state index contributed by atoms with van der Waals surface area (Å²) in [4.78, 5) is 0. The van der Waals surface area contributed by atoms with Gasteiger partial charge in [-0.1, -0.05) is 33.6 Å². The predicted molar refractivity (Wildman–Crippen MR) is 90.0 cm³/mol. The Balaban J connectivity index is 2.23. The van der Waals surface area contributed by atoms with Crippen LogP contribution in [-0.2, 0) is 0 Å². The van der Waals surface area contributed by atoms with Gasteiger partial charge in [0.25, 0.3) is 0 Å². The van der Waals surface area contributed by atoms with E-state index in [1.54, 1.807) is 12.1 Å². The van der Waals surface area contributed by atoms with Crippen LogP contribution in [0.25, 0.3) is 0 Å². The molecule has 0 aliphatic carbocycles. The van der Waals surface area contributed by atoms with Crippen LogP contribution in [-0.4, -0.2) is 0 Å². The smallest absolute Gasteiger partial charge is 0.0992 e. The summed E-state index contributed by atoms with van der Waals surface area (Å²) in [6, 6.07) is 13.4. The molecule has 2 aromatic carbocycles. The molecule has 2 nitrogen and oxygen atoms in total. The molecule has 5 heteroatoms. The van der Waals surface area contributed by atoms with Crippen LogP contribution in [0.3, 0.4) is 0 Å². The van der Waals surface area contributed by atoms with Crippen LogP contribution in [0.1, 0.15) is 24.1 Å². The minimum Gasteiger partial charge on any atom is -0.378 e. The largest absolute Gasteiger partial charge is 0.378 e. The van der Waals surface area contributed by atoms with E-state index in [9.17, 15) is 0 Å². The van der Waals surface area contributed by atoms with Crippen molar-refractivity contribution in [2.24, 2.45) is 0 Å². The summed E-state index contributed by atoms with van der Waals surface area (Å²) in [7, 11) is 0. The third-order valence-electron chi connectivity index (χ3n) is 2.90. The number of nitrogens with one attached hydrogen (secondary N) is 1. The van der Waals surface area contributed by atoms with E-state index in [1.807, 2.05) is 31.2 Å². The Bertz CT molecular complexity index is 680. The lowest BCUT2D eigenvalue weighted by molar-refractivity contribution is 0.883. The molecule has 0 radical (unpaired) electrons. The normalized spacial score (nSPS) is 11.8. The van der Waals surface area contributed by atoms with Crippen molar-refractivity contribution in [3.8, 4) is 6.07 Å². The minimum atomic E-state index is 0.0554. The van der Waals surface area contributed by atoms with Gasteiger partial charge in [-0.25, -0.2) is 0 Å². The van der Waals surface area contributed by atoms with Crippen molar-refractivity contribution >= 4 is 49.1 Å². The summed E-state index contributed by atoms with van der Waals surface area (Å²) < 4.78 is 1.81. The molecule has 0 aromatic heterocycles. The lowest BCUT2D eigenvalue weighted by atomic mass is 10.1. The molecule has 1 N–H and O–H groups in total. The van der Waals surface area contributed by atoms with Crippen LogP contribution < -0.4 is 5.32 Å². The maximum Gasteiger partial charge on any atom is 0.0992 e. The van der Waals surface area contributed by atoms with Gasteiger partial charge in [-0.3, -0.25) is 0 Å². The maximum atomic E-state index is 8.86. The van der Waals surface area contributed by atoms with Crippen molar-refractivity contribution in [1.82, 2.24) is 0 Å². The second kappa shape index (κ2) is 6.62. The van der Waals surface area contributed by atoms with Crippen LogP contribution in [0, 0.1) is 11.3 Å². The first kappa shape index (κ1) is 15.4. The van der Waals surface area contributed by atoms with Gasteiger partial charge >= 0.3 is 0 Å². The molecule has 0 fully saturated rings. The fourth-order valence-electron chi connectivity index (χ4n) is 1.87. The topological polar surface area (TPSA) is 35.8 Å². The average Bonchev–Trinajstić information content (AvgIpc) is 2.40. The zero-order chi connectivity index (χ0) is 14.7. The van der Waals surface area contributed by atoms with E-state index in [4.69, 9.17) is 16.9 Å². The summed E-state index contributed by atoms with van der Waals surface area (Å²) in [5.41, 5.74) is 2.57. The highest BCUT2D eigenvalue weighted by atomic mass is 79.9. The Morgan fingerprint density at radius 3 is 2.55 bits per heavy atom. The Labute approximate surface area is 140 Å². The van der Waals surface area contributed by atoms with Crippen molar-refractivity contribution in [3.63, 3.8) is 0 Å². The van der Waals surface area contributed by atoms with Gasteiger partial charge in [-0.15, -0.1) is 0 Å². The van der Waals surface area contributed by atoms with Gasteiger partial charge in [0.05, 0.1) is 17.7 Å². The van der Waals surface area contributed by atoms with E-state index in [0.29, 0.717) is 10.6 Å². The molecule has 1 unspecified atom stereocenters. The van der Waals surface area contributed by atoms with Crippen LogP contribution in [0.2, 0.25) is 5.02 Å².